The number of esters is 1. The SMILES string of the molecule is C=CC(=O)OCCOc1cc(C2CCCCC2)ccc1-c1ccc(OCCO)cc1. The maximum atomic E-state index is 11.3. The minimum atomic E-state index is -0.451. The molecule has 2 aromatic carbocycles. The number of carbonyl (C=O) groups is 1. The summed E-state index contributed by atoms with van der Waals surface area (Å²) in [7, 11) is 0. The van der Waals surface area contributed by atoms with Crippen molar-refractivity contribution in [3.8, 4) is 22.6 Å². The summed E-state index contributed by atoms with van der Waals surface area (Å²) in [6.45, 7) is 4.11. The second kappa shape index (κ2) is 11.4. The molecule has 0 bridgehead atoms. The number of aliphatic hydroxyl groups is 1. The molecule has 0 atom stereocenters. The van der Waals surface area contributed by atoms with E-state index in [1.54, 1.807) is 0 Å². The minimum absolute atomic E-state index is 0.0151. The maximum absolute atomic E-state index is 11.3. The highest BCUT2D eigenvalue weighted by Crippen LogP contribution is 2.38. The third kappa shape index (κ3) is 6.10. The third-order valence-electron chi connectivity index (χ3n) is 5.36. The molecule has 0 amide bonds. The number of hydrogen-bond donors (Lipinski definition) is 1. The standard InChI is InChI=1S/C25H30O5/c1-2-25(27)30-17-16-29-24-18-21(19-6-4-3-5-7-19)10-13-23(24)20-8-11-22(12-9-20)28-15-14-26/h2,8-13,18-19,26H,1,3-7,14-17H2. The molecule has 160 valence electrons. The highest BCUT2D eigenvalue weighted by Gasteiger charge is 2.18. The zero-order chi connectivity index (χ0) is 21.2. The van der Waals surface area contributed by atoms with Crippen LogP contribution in [0.2, 0.25) is 0 Å². The van der Waals surface area contributed by atoms with E-state index in [0.29, 0.717) is 11.7 Å². The van der Waals surface area contributed by atoms with E-state index in [9.17, 15) is 4.79 Å². The molecule has 1 fully saturated rings. The van der Waals surface area contributed by atoms with E-state index in [2.05, 4.69) is 24.8 Å². The molecule has 1 aliphatic carbocycles. The Morgan fingerprint density at radius 2 is 1.77 bits per heavy atom. The van der Waals surface area contributed by atoms with Gasteiger partial charge in [0, 0.05) is 11.6 Å². The van der Waals surface area contributed by atoms with Crippen LogP contribution in [0.1, 0.15) is 43.6 Å². The quantitative estimate of drug-likeness (QED) is 0.344. The lowest BCUT2D eigenvalue weighted by atomic mass is 9.83. The lowest BCUT2D eigenvalue weighted by molar-refractivity contribution is -0.138. The van der Waals surface area contributed by atoms with Crippen molar-refractivity contribution in [2.45, 2.75) is 38.0 Å². The molecule has 5 nitrogen and oxygen atoms in total. The maximum Gasteiger partial charge on any atom is 0.330 e. The Bertz CT molecular complexity index is 822. The van der Waals surface area contributed by atoms with Gasteiger partial charge in [-0.25, -0.2) is 4.79 Å². The summed E-state index contributed by atoms with van der Waals surface area (Å²) in [6.07, 6.45) is 7.44. The van der Waals surface area contributed by atoms with E-state index in [1.165, 1.54) is 37.7 Å². The normalized spacial score (nSPS) is 14.2. The molecule has 30 heavy (non-hydrogen) atoms. The van der Waals surface area contributed by atoms with Gasteiger partial charge >= 0.3 is 5.97 Å². The molecule has 0 saturated heterocycles. The van der Waals surface area contributed by atoms with Crippen LogP contribution < -0.4 is 9.47 Å². The summed E-state index contributed by atoms with van der Waals surface area (Å²) in [6, 6.07) is 14.2. The Morgan fingerprint density at radius 3 is 2.47 bits per heavy atom. The molecular formula is C25H30O5. The van der Waals surface area contributed by atoms with Crippen molar-refractivity contribution in [3.63, 3.8) is 0 Å². The van der Waals surface area contributed by atoms with Crippen molar-refractivity contribution in [1.29, 1.82) is 0 Å². The molecule has 1 aliphatic rings. The molecule has 0 aromatic heterocycles. The van der Waals surface area contributed by atoms with Crippen LogP contribution in [0, 0.1) is 0 Å². The monoisotopic (exact) mass is 410 g/mol. The largest absolute Gasteiger partial charge is 0.491 e. The predicted molar refractivity (Wildman–Crippen MR) is 117 cm³/mol. The molecule has 1 N–H and O–H groups in total. The molecule has 0 aliphatic heterocycles. The van der Waals surface area contributed by atoms with E-state index in [-0.39, 0.29) is 26.4 Å². The Kier molecular flexibility index (Phi) is 8.33. The van der Waals surface area contributed by atoms with E-state index >= 15 is 0 Å². The average Bonchev–Trinajstić information content (AvgIpc) is 2.81. The van der Waals surface area contributed by atoms with Crippen LogP contribution in [0.5, 0.6) is 11.5 Å². The van der Waals surface area contributed by atoms with Crippen LogP contribution in [0.15, 0.2) is 55.1 Å². The van der Waals surface area contributed by atoms with Crippen LogP contribution in [-0.4, -0.2) is 37.5 Å². The predicted octanol–water partition coefficient (Wildman–Crippen LogP) is 4.88. The first-order chi connectivity index (χ1) is 14.7. The van der Waals surface area contributed by atoms with Gasteiger partial charge < -0.3 is 19.3 Å². The van der Waals surface area contributed by atoms with E-state index < -0.39 is 5.97 Å². The van der Waals surface area contributed by atoms with Gasteiger partial charge in [0.15, 0.2) is 0 Å². The van der Waals surface area contributed by atoms with Crippen molar-refractivity contribution in [3.05, 3.63) is 60.7 Å². The summed E-state index contributed by atoms with van der Waals surface area (Å²) in [5.74, 6) is 1.62. The number of hydrogen-bond acceptors (Lipinski definition) is 5. The second-order valence-corrected chi connectivity index (χ2v) is 7.41. The summed E-state index contributed by atoms with van der Waals surface area (Å²) >= 11 is 0. The fraction of sp³-hybridized carbons (Fsp3) is 0.400. The van der Waals surface area contributed by atoms with Crippen molar-refractivity contribution in [2.24, 2.45) is 0 Å². The number of carbonyl (C=O) groups excluding carboxylic acids is 1. The Labute approximate surface area is 178 Å². The molecule has 2 aromatic rings. The van der Waals surface area contributed by atoms with Gasteiger partial charge in [-0.1, -0.05) is 50.1 Å². The van der Waals surface area contributed by atoms with Gasteiger partial charge in [0.25, 0.3) is 0 Å². The van der Waals surface area contributed by atoms with Crippen molar-refractivity contribution in [2.75, 3.05) is 26.4 Å². The first-order valence-electron chi connectivity index (χ1n) is 10.6. The van der Waals surface area contributed by atoms with Crippen LogP contribution in [-0.2, 0) is 9.53 Å². The lowest BCUT2D eigenvalue weighted by Crippen LogP contribution is -2.11. The zero-order valence-corrected chi connectivity index (χ0v) is 17.3. The number of ether oxygens (including phenoxy) is 3. The molecule has 1 saturated carbocycles. The van der Waals surface area contributed by atoms with Gasteiger partial charge in [-0.15, -0.1) is 0 Å². The van der Waals surface area contributed by atoms with E-state index in [4.69, 9.17) is 19.3 Å². The first kappa shape index (κ1) is 21.9. The Balaban J connectivity index is 1.79. The van der Waals surface area contributed by atoms with Gasteiger partial charge in [-0.05, 0) is 48.1 Å². The molecule has 0 heterocycles. The zero-order valence-electron chi connectivity index (χ0n) is 17.3. The Hall–Kier alpha value is -2.79. The van der Waals surface area contributed by atoms with Gasteiger partial charge in [-0.3, -0.25) is 0 Å². The second-order valence-electron chi connectivity index (χ2n) is 7.41. The number of rotatable bonds is 10. The smallest absolute Gasteiger partial charge is 0.330 e. The Morgan fingerprint density at radius 1 is 1.00 bits per heavy atom. The summed E-state index contributed by atoms with van der Waals surface area (Å²) in [4.78, 5) is 11.3. The van der Waals surface area contributed by atoms with Crippen LogP contribution in [0.3, 0.4) is 0 Å². The topological polar surface area (TPSA) is 65.0 Å². The minimum Gasteiger partial charge on any atom is -0.491 e. The molecule has 3 rings (SSSR count). The average molecular weight is 411 g/mol. The summed E-state index contributed by atoms with van der Waals surface area (Å²) < 4.78 is 16.5. The van der Waals surface area contributed by atoms with Gasteiger partial charge in [0.05, 0.1) is 6.61 Å². The van der Waals surface area contributed by atoms with Gasteiger partial charge in [0.1, 0.15) is 31.3 Å². The van der Waals surface area contributed by atoms with Crippen LogP contribution in [0.4, 0.5) is 0 Å². The van der Waals surface area contributed by atoms with Crippen molar-refractivity contribution in [1.82, 2.24) is 0 Å². The molecule has 0 spiro atoms. The van der Waals surface area contributed by atoms with Crippen LogP contribution >= 0.6 is 0 Å². The fourth-order valence-corrected chi connectivity index (χ4v) is 3.83. The van der Waals surface area contributed by atoms with Crippen molar-refractivity contribution >= 4 is 5.97 Å². The molecule has 0 unspecified atom stereocenters. The third-order valence-corrected chi connectivity index (χ3v) is 5.36. The highest BCUT2D eigenvalue weighted by atomic mass is 16.6. The first-order valence-corrected chi connectivity index (χ1v) is 10.6. The summed E-state index contributed by atoms with van der Waals surface area (Å²) in [5.41, 5.74) is 3.30. The van der Waals surface area contributed by atoms with Crippen LogP contribution in [0.25, 0.3) is 11.1 Å². The van der Waals surface area contributed by atoms with E-state index in [0.717, 1.165) is 23.0 Å². The van der Waals surface area contributed by atoms with Gasteiger partial charge in [0.2, 0.25) is 0 Å². The number of aliphatic hydroxyl groups excluding tert-OH is 1. The molecule has 0 radical (unpaired) electrons. The summed E-state index contributed by atoms with van der Waals surface area (Å²) in [5, 5.41) is 8.90. The lowest BCUT2D eigenvalue weighted by Gasteiger charge is -2.23. The molecular weight excluding hydrogens is 380 g/mol. The van der Waals surface area contributed by atoms with E-state index in [1.807, 2.05) is 24.3 Å². The van der Waals surface area contributed by atoms with Crippen molar-refractivity contribution < 1.29 is 24.1 Å². The fourth-order valence-electron chi connectivity index (χ4n) is 3.83. The number of benzene rings is 2. The molecule has 5 heteroatoms. The highest BCUT2D eigenvalue weighted by molar-refractivity contribution is 5.81. The van der Waals surface area contributed by atoms with Gasteiger partial charge in [-0.2, -0.15) is 0 Å².